The molecule has 76 valence electrons. The molecule has 1 amide bonds. The molecule has 0 spiro atoms. The first-order chi connectivity index (χ1) is 6.38. The van der Waals surface area contributed by atoms with Crippen molar-refractivity contribution in [3.8, 4) is 0 Å². The monoisotopic (exact) mass is 278 g/mol. The molecule has 5 nitrogen and oxygen atoms in total. The van der Waals surface area contributed by atoms with E-state index in [4.69, 9.17) is 0 Å². The second-order valence-electron chi connectivity index (χ2n) is 2.57. The Hall–Kier alpha value is -0.950. The van der Waals surface area contributed by atoms with Gasteiger partial charge in [0.25, 0.3) is 5.91 Å². The lowest BCUT2D eigenvalue weighted by Crippen LogP contribution is -2.29. The van der Waals surface area contributed by atoms with Gasteiger partial charge in [-0.05, 0) is 28.1 Å². The van der Waals surface area contributed by atoms with Crippen LogP contribution in [-0.4, -0.2) is 25.6 Å². The zero-order valence-corrected chi connectivity index (χ0v) is 9.59. The van der Waals surface area contributed by atoms with Crippen molar-refractivity contribution in [2.24, 2.45) is 0 Å². The topological polar surface area (TPSA) is 76.1 Å². The molecule has 0 aromatic carbocycles. The van der Waals surface area contributed by atoms with Crippen molar-refractivity contribution in [3.63, 3.8) is 0 Å². The summed E-state index contributed by atoms with van der Waals surface area (Å²) < 4.78 is 24.0. The van der Waals surface area contributed by atoms with Gasteiger partial charge in [0.05, 0.1) is 6.26 Å². The highest BCUT2D eigenvalue weighted by atomic mass is 79.9. The van der Waals surface area contributed by atoms with Gasteiger partial charge in [0.15, 0.2) is 0 Å². The van der Waals surface area contributed by atoms with Crippen molar-refractivity contribution in [1.29, 1.82) is 0 Å². The van der Waals surface area contributed by atoms with Crippen LogP contribution in [0.3, 0.4) is 0 Å². The highest BCUT2D eigenvalue weighted by molar-refractivity contribution is 9.10. The number of hydrogen-bond acceptors (Lipinski definition) is 4. The van der Waals surface area contributed by atoms with Crippen molar-refractivity contribution in [1.82, 2.24) is 9.71 Å². The van der Waals surface area contributed by atoms with Crippen molar-refractivity contribution in [2.75, 3.05) is 6.26 Å². The number of pyridine rings is 1. The van der Waals surface area contributed by atoms with Crippen LogP contribution in [0.15, 0.2) is 22.8 Å². The van der Waals surface area contributed by atoms with Gasteiger partial charge in [0, 0.05) is 10.7 Å². The number of carbonyl (C=O) groups is 1. The molecule has 1 rings (SSSR count). The quantitative estimate of drug-likeness (QED) is 0.857. The van der Waals surface area contributed by atoms with E-state index in [2.05, 4.69) is 20.9 Å². The van der Waals surface area contributed by atoms with Crippen molar-refractivity contribution >= 4 is 31.9 Å². The van der Waals surface area contributed by atoms with Crippen molar-refractivity contribution < 1.29 is 13.2 Å². The highest BCUT2D eigenvalue weighted by Gasteiger charge is 2.11. The fraction of sp³-hybridized carbons (Fsp3) is 0.143. The van der Waals surface area contributed by atoms with E-state index >= 15 is 0 Å². The summed E-state index contributed by atoms with van der Waals surface area (Å²) in [7, 11) is -3.53. The van der Waals surface area contributed by atoms with E-state index < -0.39 is 15.9 Å². The molecular weight excluding hydrogens is 272 g/mol. The van der Waals surface area contributed by atoms with E-state index in [1.54, 1.807) is 6.07 Å². The van der Waals surface area contributed by atoms with Gasteiger partial charge in [-0.3, -0.25) is 4.79 Å². The lowest BCUT2D eigenvalue weighted by Gasteiger charge is -2.00. The molecule has 0 fully saturated rings. The van der Waals surface area contributed by atoms with Crippen molar-refractivity contribution in [3.05, 3.63) is 28.5 Å². The number of halogens is 1. The van der Waals surface area contributed by atoms with Crippen LogP contribution in [0.4, 0.5) is 0 Å². The summed E-state index contributed by atoms with van der Waals surface area (Å²) in [6, 6.07) is 3.02. The Morgan fingerprint density at radius 2 is 2.14 bits per heavy atom. The zero-order chi connectivity index (χ0) is 10.8. The van der Waals surface area contributed by atoms with E-state index in [1.165, 1.54) is 12.3 Å². The Balaban J connectivity index is 2.86. The molecule has 0 aliphatic rings. The number of rotatable bonds is 2. The molecule has 14 heavy (non-hydrogen) atoms. The van der Waals surface area contributed by atoms with Gasteiger partial charge in [-0.2, -0.15) is 0 Å². The summed E-state index contributed by atoms with van der Waals surface area (Å²) in [5.74, 6) is -0.736. The zero-order valence-electron chi connectivity index (χ0n) is 7.19. The third-order valence-electron chi connectivity index (χ3n) is 1.24. The lowest BCUT2D eigenvalue weighted by molar-refractivity contribution is 0.0977. The number of carbonyl (C=O) groups excluding carboxylic acids is 1. The standard InChI is InChI=1S/C7H7BrN2O3S/c1-14(12,13)10-7(11)6-3-2-5(8)4-9-6/h2-4H,1H3,(H,10,11). The van der Waals surface area contributed by atoms with Gasteiger partial charge in [0.1, 0.15) is 5.69 Å². The number of nitrogens with zero attached hydrogens (tertiary/aromatic N) is 1. The molecule has 0 saturated heterocycles. The second-order valence-corrected chi connectivity index (χ2v) is 5.23. The molecule has 1 N–H and O–H groups in total. The minimum absolute atomic E-state index is 0.0543. The second kappa shape index (κ2) is 4.05. The molecule has 7 heteroatoms. The Labute approximate surface area is 89.7 Å². The van der Waals surface area contributed by atoms with Gasteiger partial charge >= 0.3 is 0 Å². The molecule has 0 saturated carbocycles. The first kappa shape index (κ1) is 11.1. The van der Waals surface area contributed by atoms with Crippen LogP contribution >= 0.6 is 15.9 Å². The predicted molar refractivity (Wildman–Crippen MR) is 54.2 cm³/mol. The maximum absolute atomic E-state index is 11.2. The summed E-state index contributed by atoms with van der Waals surface area (Å²) in [5, 5.41) is 0. The minimum Gasteiger partial charge on any atom is -0.266 e. The van der Waals surface area contributed by atoms with Crippen LogP contribution < -0.4 is 4.72 Å². The molecule has 0 aliphatic carbocycles. The number of aromatic nitrogens is 1. The molecule has 1 heterocycles. The highest BCUT2D eigenvalue weighted by Crippen LogP contribution is 2.07. The number of sulfonamides is 1. The van der Waals surface area contributed by atoms with Crippen LogP contribution in [0, 0.1) is 0 Å². The van der Waals surface area contributed by atoms with E-state index in [-0.39, 0.29) is 5.69 Å². The van der Waals surface area contributed by atoms with Crippen molar-refractivity contribution in [2.45, 2.75) is 0 Å². The van der Waals surface area contributed by atoms with Gasteiger partial charge in [0.2, 0.25) is 10.0 Å². The third kappa shape index (κ3) is 3.43. The lowest BCUT2D eigenvalue weighted by atomic mass is 10.3. The first-order valence-corrected chi connectivity index (χ1v) is 6.20. The molecule has 1 aromatic heterocycles. The average molecular weight is 279 g/mol. The van der Waals surface area contributed by atoms with Crippen LogP contribution in [0.2, 0.25) is 0 Å². The summed E-state index contributed by atoms with van der Waals surface area (Å²) in [5.41, 5.74) is 0.0543. The normalized spacial score (nSPS) is 11.0. The van der Waals surface area contributed by atoms with Gasteiger partial charge < -0.3 is 0 Å². The Bertz CT molecular complexity index is 441. The van der Waals surface area contributed by atoms with Crippen LogP contribution in [0.5, 0.6) is 0 Å². The Kier molecular flexibility index (Phi) is 3.22. The average Bonchev–Trinajstić information content (AvgIpc) is 2.02. The molecule has 0 unspecified atom stereocenters. The number of hydrogen-bond donors (Lipinski definition) is 1. The Morgan fingerprint density at radius 3 is 2.57 bits per heavy atom. The SMILES string of the molecule is CS(=O)(=O)NC(=O)c1ccc(Br)cn1. The fourth-order valence-corrected chi connectivity index (χ4v) is 1.41. The molecule has 0 atom stereocenters. The van der Waals surface area contributed by atoms with Gasteiger partial charge in [-0.25, -0.2) is 18.1 Å². The van der Waals surface area contributed by atoms with Crippen LogP contribution in [0.25, 0.3) is 0 Å². The first-order valence-electron chi connectivity index (χ1n) is 3.52. The smallest absolute Gasteiger partial charge is 0.266 e. The van der Waals surface area contributed by atoms with Gasteiger partial charge in [-0.1, -0.05) is 0 Å². The third-order valence-corrected chi connectivity index (χ3v) is 2.26. The summed E-state index contributed by atoms with van der Waals surface area (Å²) >= 11 is 3.14. The molecule has 0 aliphatic heterocycles. The summed E-state index contributed by atoms with van der Waals surface area (Å²) in [6.45, 7) is 0. The Morgan fingerprint density at radius 1 is 1.50 bits per heavy atom. The minimum atomic E-state index is -3.53. The predicted octanol–water partition coefficient (Wildman–Crippen LogP) is 0.533. The van der Waals surface area contributed by atoms with Crippen LogP contribution in [0.1, 0.15) is 10.5 Å². The number of amides is 1. The van der Waals surface area contributed by atoms with E-state index in [0.29, 0.717) is 4.47 Å². The van der Waals surface area contributed by atoms with Gasteiger partial charge in [-0.15, -0.1) is 0 Å². The number of nitrogens with one attached hydrogen (secondary N) is 1. The molecular formula is C7H7BrN2O3S. The molecule has 0 bridgehead atoms. The van der Waals surface area contributed by atoms with Crippen LogP contribution in [-0.2, 0) is 10.0 Å². The van der Waals surface area contributed by atoms with E-state index in [0.717, 1.165) is 6.26 Å². The summed E-state index contributed by atoms with van der Waals surface area (Å²) in [4.78, 5) is 14.9. The van der Waals surface area contributed by atoms with E-state index in [1.807, 2.05) is 4.72 Å². The largest absolute Gasteiger partial charge is 0.283 e. The molecule has 0 radical (unpaired) electrons. The fourth-order valence-electron chi connectivity index (χ4n) is 0.731. The molecule has 1 aromatic rings. The van der Waals surface area contributed by atoms with E-state index in [9.17, 15) is 13.2 Å². The maximum Gasteiger partial charge on any atom is 0.283 e. The maximum atomic E-state index is 11.2. The summed E-state index contributed by atoms with van der Waals surface area (Å²) in [6.07, 6.45) is 2.32.